The Hall–Kier alpha value is -0.320. The molecule has 0 fully saturated rings. The molecule has 0 bridgehead atoms. The zero-order valence-electron chi connectivity index (χ0n) is 16.8. The van der Waals surface area contributed by atoms with E-state index in [4.69, 9.17) is 5.73 Å². The summed E-state index contributed by atoms with van der Waals surface area (Å²) in [7, 11) is 0. The topological polar surface area (TPSA) is 66.6 Å². The molecule has 0 aliphatic carbocycles. The number of hydrogen-bond donors (Lipinski definition) is 2. The number of carbonyl (C=O) groups is 1. The van der Waals surface area contributed by atoms with Crippen LogP contribution in [0.3, 0.4) is 0 Å². The fourth-order valence-corrected chi connectivity index (χ4v) is 3.27. The second-order valence-electron chi connectivity index (χ2n) is 7.16. The van der Waals surface area contributed by atoms with Crippen LogP contribution in [0.1, 0.15) is 104 Å². The molecule has 0 aliphatic heterocycles. The summed E-state index contributed by atoms with van der Waals surface area (Å²) >= 11 is 0. The molecule has 0 saturated heterocycles. The van der Waals surface area contributed by atoms with Gasteiger partial charge < -0.3 is 10.8 Å². The summed E-state index contributed by atoms with van der Waals surface area (Å²) in [6.07, 6.45) is 15.0. The van der Waals surface area contributed by atoms with Crippen LogP contribution >= 0.6 is 12.4 Å². The Labute approximate surface area is 162 Å². The van der Waals surface area contributed by atoms with E-state index in [-0.39, 0.29) is 18.6 Å². The lowest BCUT2D eigenvalue weighted by atomic mass is 10.0. The minimum atomic E-state index is -0.716. The van der Waals surface area contributed by atoms with Gasteiger partial charge in [0.05, 0.1) is 6.17 Å². The fourth-order valence-electron chi connectivity index (χ4n) is 3.27. The summed E-state index contributed by atoms with van der Waals surface area (Å²) in [6, 6.07) is -0.424. The average Bonchev–Trinajstić information content (AvgIpc) is 2.54. The van der Waals surface area contributed by atoms with Crippen LogP contribution in [0.15, 0.2) is 0 Å². The molecule has 0 aromatic rings. The average molecular weight is 379 g/mol. The molecule has 5 heteroatoms. The number of aliphatic carboxylic acids is 1. The van der Waals surface area contributed by atoms with Crippen molar-refractivity contribution in [1.29, 1.82) is 0 Å². The molecular formula is C20H43ClN2O2. The van der Waals surface area contributed by atoms with Gasteiger partial charge in [0.15, 0.2) is 0 Å². The van der Waals surface area contributed by atoms with Gasteiger partial charge in [-0.2, -0.15) is 0 Å². The molecule has 0 rings (SSSR count). The van der Waals surface area contributed by atoms with Gasteiger partial charge in [0.25, 0.3) is 0 Å². The summed E-state index contributed by atoms with van der Waals surface area (Å²) in [5, 5.41) is 9.61. The van der Waals surface area contributed by atoms with Crippen molar-refractivity contribution in [3.8, 4) is 0 Å². The quantitative estimate of drug-likeness (QED) is 0.256. The van der Waals surface area contributed by atoms with E-state index in [0.717, 1.165) is 32.2 Å². The van der Waals surface area contributed by atoms with Crippen molar-refractivity contribution in [3.63, 3.8) is 0 Å². The lowest BCUT2D eigenvalue weighted by molar-refractivity contribution is -0.144. The molecule has 3 N–H and O–H groups in total. The summed E-state index contributed by atoms with van der Waals surface area (Å²) in [6.45, 7) is 7.14. The van der Waals surface area contributed by atoms with E-state index < -0.39 is 12.0 Å². The van der Waals surface area contributed by atoms with Gasteiger partial charge in [-0.15, -0.1) is 12.4 Å². The molecule has 2 unspecified atom stereocenters. The Kier molecular flexibility index (Phi) is 19.9. The standard InChI is InChI=1S/C20H42N2O2.ClH/c1-4-6-8-10-12-14-16-19(20(23)24)22(18(3)21)17-15-13-11-9-7-5-2;/h18-19H,4-17,21H2,1-3H3,(H,23,24);1H. The zero-order chi connectivity index (χ0) is 18.2. The lowest BCUT2D eigenvalue weighted by Crippen LogP contribution is -2.50. The van der Waals surface area contributed by atoms with E-state index in [1.54, 1.807) is 0 Å². The Morgan fingerprint density at radius 1 is 0.880 bits per heavy atom. The second kappa shape index (κ2) is 18.5. The molecule has 2 atom stereocenters. The van der Waals surface area contributed by atoms with Gasteiger partial charge in [-0.25, -0.2) is 0 Å². The summed E-state index contributed by atoms with van der Waals surface area (Å²) in [5.41, 5.74) is 6.07. The fraction of sp³-hybridized carbons (Fsp3) is 0.950. The number of nitrogens with two attached hydrogens (primary N) is 1. The molecule has 4 nitrogen and oxygen atoms in total. The summed E-state index contributed by atoms with van der Waals surface area (Å²) in [5.74, 6) is -0.716. The van der Waals surface area contributed by atoms with E-state index in [0.29, 0.717) is 0 Å². The predicted octanol–water partition coefficient (Wildman–Crippen LogP) is 5.58. The van der Waals surface area contributed by atoms with Crippen molar-refractivity contribution >= 4 is 18.4 Å². The van der Waals surface area contributed by atoms with Crippen molar-refractivity contribution in [2.45, 2.75) is 116 Å². The Morgan fingerprint density at radius 3 is 1.76 bits per heavy atom. The summed E-state index contributed by atoms with van der Waals surface area (Å²) in [4.78, 5) is 13.7. The van der Waals surface area contributed by atoms with Gasteiger partial charge in [0.2, 0.25) is 0 Å². The maximum absolute atomic E-state index is 11.7. The second-order valence-corrected chi connectivity index (χ2v) is 7.16. The third-order valence-corrected chi connectivity index (χ3v) is 4.81. The van der Waals surface area contributed by atoms with Gasteiger partial charge in [0.1, 0.15) is 6.04 Å². The Balaban J connectivity index is 0. The molecule has 0 aliphatic rings. The van der Waals surface area contributed by atoms with E-state index in [1.807, 2.05) is 11.8 Å². The minimum Gasteiger partial charge on any atom is -0.480 e. The van der Waals surface area contributed by atoms with Crippen LogP contribution < -0.4 is 5.73 Å². The summed E-state index contributed by atoms with van der Waals surface area (Å²) < 4.78 is 0. The van der Waals surface area contributed by atoms with Gasteiger partial charge in [-0.1, -0.05) is 84.5 Å². The first-order chi connectivity index (χ1) is 11.5. The van der Waals surface area contributed by atoms with Crippen molar-refractivity contribution < 1.29 is 9.90 Å². The molecule has 0 spiro atoms. The Bertz CT molecular complexity index is 301. The van der Waals surface area contributed by atoms with Crippen LogP contribution in [0.25, 0.3) is 0 Å². The van der Waals surface area contributed by atoms with Crippen LogP contribution in [0, 0.1) is 0 Å². The largest absolute Gasteiger partial charge is 0.480 e. The zero-order valence-corrected chi connectivity index (χ0v) is 17.7. The van der Waals surface area contributed by atoms with E-state index in [2.05, 4.69) is 13.8 Å². The van der Waals surface area contributed by atoms with E-state index in [9.17, 15) is 9.90 Å². The number of carboxylic acid groups (broad SMARTS) is 1. The molecule has 25 heavy (non-hydrogen) atoms. The van der Waals surface area contributed by atoms with Crippen molar-refractivity contribution in [2.24, 2.45) is 5.73 Å². The number of halogens is 1. The highest BCUT2D eigenvalue weighted by atomic mass is 35.5. The smallest absolute Gasteiger partial charge is 0.320 e. The van der Waals surface area contributed by atoms with Crippen LogP contribution in [0.5, 0.6) is 0 Å². The van der Waals surface area contributed by atoms with E-state index in [1.165, 1.54) is 57.8 Å². The van der Waals surface area contributed by atoms with Crippen LogP contribution in [0.2, 0.25) is 0 Å². The lowest BCUT2D eigenvalue weighted by Gasteiger charge is -2.32. The van der Waals surface area contributed by atoms with Crippen LogP contribution in [0.4, 0.5) is 0 Å². The third kappa shape index (κ3) is 14.5. The molecule has 0 radical (unpaired) electrons. The molecule has 0 aromatic heterocycles. The molecule has 152 valence electrons. The first kappa shape index (κ1) is 26.9. The molecule has 0 heterocycles. The van der Waals surface area contributed by atoms with Gasteiger partial charge in [-0.3, -0.25) is 9.69 Å². The number of unbranched alkanes of at least 4 members (excludes halogenated alkanes) is 10. The molecule has 0 amide bonds. The van der Waals surface area contributed by atoms with Crippen molar-refractivity contribution in [1.82, 2.24) is 4.90 Å². The number of nitrogens with zero attached hydrogens (tertiary/aromatic N) is 1. The van der Waals surface area contributed by atoms with Gasteiger partial charge >= 0.3 is 5.97 Å². The van der Waals surface area contributed by atoms with Gasteiger partial charge in [0, 0.05) is 6.54 Å². The van der Waals surface area contributed by atoms with Crippen LogP contribution in [-0.4, -0.2) is 34.7 Å². The monoisotopic (exact) mass is 378 g/mol. The highest BCUT2D eigenvalue weighted by Crippen LogP contribution is 2.16. The minimum absolute atomic E-state index is 0. The van der Waals surface area contributed by atoms with Crippen LogP contribution in [-0.2, 0) is 4.79 Å². The van der Waals surface area contributed by atoms with E-state index >= 15 is 0 Å². The van der Waals surface area contributed by atoms with Gasteiger partial charge in [-0.05, 0) is 19.8 Å². The van der Waals surface area contributed by atoms with Crippen molar-refractivity contribution in [2.75, 3.05) is 6.54 Å². The number of carboxylic acids is 1. The predicted molar refractivity (Wildman–Crippen MR) is 110 cm³/mol. The molecular weight excluding hydrogens is 336 g/mol. The number of hydrogen-bond acceptors (Lipinski definition) is 3. The SMILES string of the molecule is CCCCCCCCC(C(=O)O)N(CCCCCCCC)C(C)N.Cl. The normalized spacial score (nSPS) is 13.5. The molecule has 0 saturated carbocycles. The maximum atomic E-state index is 11.7. The highest BCUT2D eigenvalue weighted by Gasteiger charge is 2.26. The number of rotatable bonds is 17. The first-order valence-corrected chi connectivity index (χ1v) is 10.3. The highest BCUT2D eigenvalue weighted by molar-refractivity contribution is 5.85. The Morgan fingerprint density at radius 2 is 1.32 bits per heavy atom. The first-order valence-electron chi connectivity index (χ1n) is 10.3. The molecule has 0 aromatic carbocycles. The van der Waals surface area contributed by atoms with Crippen molar-refractivity contribution in [3.05, 3.63) is 0 Å². The third-order valence-electron chi connectivity index (χ3n) is 4.81. The maximum Gasteiger partial charge on any atom is 0.320 e.